The maximum Gasteiger partial charge on any atom is 1.00 e. The van der Waals surface area contributed by atoms with Crippen LogP contribution in [0, 0.1) is 0 Å². The summed E-state index contributed by atoms with van der Waals surface area (Å²) >= 11 is 0. The minimum Gasteiger partial charge on any atom is -0.672 e. The number of aromatic hydroxyl groups is 1. The number of carbonyl (C=O) groups is 3. The Hall–Kier alpha value is -3.21. The van der Waals surface area contributed by atoms with Gasteiger partial charge in [-0.3, -0.25) is 19.3 Å². The number of phenols is 1. The molecule has 1 heterocycles. The Labute approximate surface area is 212 Å². The van der Waals surface area contributed by atoms with E-state index in [-0.39, 0.29) is 65.2 Å². The standard InChI is InChI=1S/C25H30N4O4.Li/c1-6-18(16-11-8-7-9-12-16)26-20-21(25(33)29(5)24(20)32)27-19-14-10-13-17(22(19)30)23(31)28(4)15(2)3;/h7-15,18H,6H2,1-5H3,(H3,26,27,30,31,32,33);/q;+1/p-1/t18-;/m1./s1. The second-order valence-electron chi connectivity index (χ2n) is 8.19. The molecule has 0 saturated carbocycles. The molecule has 0 fully saturated rings. The van der Waals surface area contributed by atoms with E-state index in [0.29, 0.717) is 6.42 Å². The minimum atomic E-state index is -0.558. The van der Waals surface area contributed by atoms with Gasteiger partial charge in [0.05, 0.1) is 16.9 Å². The summed E-state index contributed by atoms with van der Waals surface area (Å²) in [5.74, 6) is -1.74. The largest absolute Gasteiger partial charge is 1.00 e. The SMILES string of the molecule is CC[C@@H]([N-]C1=C(Nc2cccc(C(=O)N(C)C(C)C)c2O)C(=O)N(C)C1=O)c1ccccc1.[Li+]. The third-order valence-electron chi connectivity index (χ3n) is 5.74. The molecule has 2 N–H and O–H groups in total. The minimum absolute atomic E-state index is 0. The van der Waals surface area contributed by atoms with Gasteiger partial charge < -0.3 is 20.6 Å². The number of nitrogens with one attached hydrogen (secondary N) is 1. The van der Waals surface area contributed by atoms with Gasteiger partial charge in [0.1, 0.15) is 0 Å². The van der Waals surface area contributed by atoms with Crippen molar-refractivity contribution in [2.45, 2.75) is 39.3 Å². The summed E-state index contributed by atoms with van der Waals surface area (Å²) in [5, 5.41) is 18.3. The van der Waals surface area contributed by atoms with Crippen molar-refractivity contribution >= 4 is 23.4 Å². The van der Waals surface area contributed by atoms with Crippen LogP contribution < -0.4 is 24.2 Å². The fourth-order valence-electron chi connectivity index (χ4n) is 3.47. The molecule has 0 spiro atoms. The number of likely N-dealkylation sites (N-methyl/N-ethyl adjacent to an activating group) is 1. The number of nitrogens with zero attached hydrogens (tertiary/aromatic N) is 3. The number of para-hydroxylation sites is 1. The van der Waals surface area contributed by atoms with Crippen LogP contribution in [0.1, 0.15) is 49.2 Å². The molecule has 0 radical (unpaired) electrons. The van der Waals surface area contributed by atoms with Gasteiger partial charge in [-0.1, -0.05) is 61.3 Å². The van der Waals surface area contributed by atoms with Gasteiger partial charge in [-0.2, -0.15) is 0 Å². The maximum absolute atomic E-state index is 12.8. The zero-order valence-electron chi connectivity index (χ0n) is 20.5. The fourth-order valence-corrected chi connectivity index (χ4v) is 3.47. The molecule has 34 heavy (non-hydrogen) atoms. The molecule has 3 rings (SSSR count). The van der Waals surface area contributed by atoms with Crippen LogP contribution >= 0.6 is 0 Å². The van der Waals surface area contributed by atoms with E-state index >= 15 is 0 Å². The second-order valence-corrected chi connectivity index (χ2v) is 8.19. The van der Waals surface area contributed by atoms with E-state index in [1.165, 1.54) is 24.1 Å². The van der Waals surface area contributed by atoms with Gasteiger partial charge >= 0.3 is 18.9 Å². The predicted octanol–water partition coefficient (Wildman–Crippen LogP) is 1.02. The van der Waals surface area contributed by atoms with Crippen LogP contribution in [0.2, 0.25) is 0 Å². The Bertz CT molecular complexity index is 1100. The van der Waals surface area contributed by atoms with Crippen LogP contribution in [-0.2, 0) is 9.59 Å². The first-order chi connectivity index (χ1) is 15.7. The summed E-state index contributed by atoms with van der Waals surface area (Å²) in [6.07, 6.45) is 0.628. The summed E-state index contributed by atoms with van der Waals surface area (Å²) in [4.78, 5) is 40.9. The molecule has 8 nitrogen and oxygen atoms in total. The fraction of sp³-hybridized carbons (Fsp3) is 0.320. The van der Waals surface area contributed by atoms with Crippen molar-refractivity contribution in [2.75, 3.05) is 19.4 Å². The Morgan fingerprint density at radius 3 is 2.32 bits per heavy atom. The van der Waals surface area contributed by atoms with Crippen molar-refractivity contribution in [2.24, 2.45) is 0 Å². The van der Waals surface area contributed by atoms with E-state index in [1.807, 2.05) is 51.1 Å². The molecule has 1 atom stereocenters. The number of imide groups is 1. The van der Waals surface area contributed by atoms with E-state index in [0.717, 1.165) is 10.5 Å². The molecule has 0 aliphatic carbocycles. The van der Waals surface area contributed by atoms with Crippen LogP contribution in [0.5, 0.6) is 5.75 Å². The van der Waals surface area contributed by atoms with Crippen molar-refractivity contribution in [3.05, 3.63) is 76.4 Å². The number of benzene rings is 2. The Morgan fingerprint density at radius 2 is 1.74 bits per heavy atom. The molecule has 0 bridgehead atoms. The molecule has 1 aliphatic rings. The number of anilines is 1. The third-order valence-corrected chi connectivity index (χ3v) is 5.74. The summed E-state index contributed by atoms with van der Waals surface area (Å²) in [6.45, 7) is 5.68. The van der Waals surface area contributed by atoms with E-state index in [2.05, 4.69) is 10.6 Å². The molecule has 0 aromatic heterocycles. The first kappa shape index (κ1) is 27.0. The molecular formula is C25H29LiN4O4. The molecule has 3 amide bonds. The first-order valence-electron chi connectivity index (χ1n) is 10.9. The Balaban J connectivity index is 0.00000408. The molecule has 2 aromatic carbocycles. The zero-order chi connectivity index (χ0) is 24.3. The molecule has 0 saturated heterocycles. The average molecular weight is 456 g/mol. The smallest absolute Gasteiger partial charge is 0.672 e. The number of carbonyl (C=O) groups excluding carboxylic acids is 3. The summed E-state index contributed by atoms with van der Waals surface area (Å²) < 4.78 is 0. The molecule has 1 aliphatic heterocycles. The normalized spacial score (nSPS) is 14.2. The number of amides is 3. The van der Waals surface area contributed by atoms with Crippen molar-refractivity contribution in [3.8, 4) is 5.75 Å². The molecular weight excluding hydrogens is 427 g/mol. The summed E-state index contributed by atoms with van der Waals surface area (Å²) in [6, 6.07) is 13.8. The monoisotopic (exact) mass is 456 g/mol. The van der Waals surface area contributed by atoms with E-state index < -0.39 is 11.8 Å². The van der Waals surface area contributed by atoms with Crippen LogP contribution in [0.25, 0.3) is 5.32 Å². The van der Waals surface area contributed by atoms with E-state index in [9.17, 15) is 19.5 Å². The van der Waals surface area contributed by atoms with Crippen molar-refractivity contribution < 1.29 is 38.4 Å². The van der Waals surface area contributed by atoms with Gasteiger partial charge in [0, 0.05) is 20.1 Å². The third kappa shape index (κ3) is 5.30. The molecule has 174 valence electrons. The number of hydrogen-bond donors (Lipinski definition) is 2. The Morgan fingerprint density at radius 1 is 1.09 bits per heavy atom. The summed E-state index contributed by atoms with van der Waals surface area (Å²) in [7, 11) is 3.03. The van der Waals surface area contributed by atoms with Crippen molar-refractivity contribution in [3.63, 3.8) is 0 Å². The maximum atomic E-state index is 12.8. The summed E-state index contributed by atoms with van der Waals surface area (Å²) in [5.41, 5.74) is 1.12. The van der Waals surface area contributed by atoms with Crippen LogP contribution in [0.4, 0.5) is 5.69 Å². The van der Waals surface area contributed by atoms with Crippen molar-refractivity contribution in [1.82, 2.24) is 9.80 Å². The van der Waals surface area contributed by atoms with E-state index in [1.54, 1.807) is 13.1 Å². The van der Waals surface area contributed by atoms with Crippen LogP contribution in [0.15, 0.2) is 59.9 Å². The molecule has 0 unspecified atom stereocenters. The van der Waals surface area contributed by atoms with Gasteiger partial charge in [-0.25, -0.2) is 0 Å². The number of phenolic OH excluding ortho intramolecular Hbond substituents is 1. The zero-order valence-corrected chi connectivity index (χ0v) is 20.5. The average Bonchev–Trinajstić information content (AvgIpc) is 3.01. The van der Waals surface area contributed by atoms with Gasteiger partial charge in [0.15, 0.2) is 5.75 Å². The van der Waals surface area contributed by atoms with E-state index in [4.69, 9.17) is 0 Å². The first-order valence-corrected chi connectivity index (χ1v) is 10.9. The molecule has 2 aromatic rings. The quantitative estimate of drug-likeness (QED) is 0.351. The Kier molecular flexibility index (Phi) is 8.97. The molecule has 9 heteroatoms. The van der Waals surface area contributed by atoms with Crippen LogP contribution in [-0.4, -0.2) is 52.8 Å². The topological polar surface area (TPSA) is 104 Å². The van der Waals surface area contributed by atoms with Crippen molar-refractivity contribution in [1.29, 1.82) is 0 Å². The van der Waals surface area contributed by atoms with Gasteiger partial charge in [0.25, 0.3) is 11.8 Å². The van der Waals surface area contributed by atoms with Gasteiger partial charge in [-0.15, -0.1) is 0 Å². The number of rotatable bonds is 8. The van der Waals surface area contributed by atoms with Crippen LogP contribution in [0.3, 0.4) is 0 Å². The number of hydrogen-bond acceptors (Lipinski definition) is 5. The second kappa shape index (κ2) is 11.3. The predicted molar refractivity (Wildman–Crippen MR) is 127 cm³/mol. The van der Waals surface area contributed by atoms with Gasteiger partial charge in [-0.05, 0) is 31.7 Å². The van der Waals surface area contributed by atoms with Gasteiger partial charge in [0.2, 0.25) is 5.91 Å².